The zero-order valence-corrected chi connectivity index (χ0v) is 20.0. The predicted molar refractivity (Wildman–Crippen MR) is 133 cm³/mol. The molecular weight excluding hydrogens is 470 g/mol. The lowest BCUT2D eigenvalue weighted by Crippen LogP contribution is -2.59. The van der Waals surface area contributed by atoms with E-state index in [0.717, 1.165) is 21.8 Å². The van der Waals surface area contributed by atoms with E-state index in [1.807, 2.05) is 26.0 Å². The molecular formula is C24H24ClN7O3. The van der Waals surface area contributed by atoms with E-state index in [2.05, 4.69) is 30.6 Å². The number of aromatic amines is 1. The number of nitrogens with zero attached hydrogens (tertiary/aromatic N) is 4. The minimum atomic E-state index is -0.685. The van der Waals surface area contributed by atoms with Crippen molar-refractivity contribution in [3.05, 3.63) is 54.2 Å². The highest BCUT2D eigenvalue weighted by Gasteiger charge is 2.38. The Morgan fingerprint density at radius 2 is 2.00 bits per heavy atom. The predicted octanol–water partition coefficient (Wildman–Crippen LogP) is 3.22. The number of morpholine rings is 1. The molecule has 1 aliphatic heterocycles. The quantitative estimate of drug-likeness (QED) is 0.389. The second-order valence-electron chi connectivity index (χ2n) is 9.04. The van der Waals surface area contributed by atoms with Crippen LogP contribution in [-0.2, 0) is 14.3 Å². The Morgan fingerprint density at radius 1 is 1.17 bits per heavy atom. The van der Waals surface area contributed by atoms with Crippen LogP contribution in [0, 0.1) is 0 Å². The molecule has 1 saturated heterocycles. The molecule has 11 heteroatoms. The molecule has 0 bridgehead atoms. The van der Waals surface area contributed by atoms with E-state index in [9.17, 15) is 9.59 Å². The lowest BCUT2D eigenvalue weighted by atomic mass is 10.0. The van der Waals surface area contributed by atoms with Crippen molar-refractivity contribution in [2.45, 2.75) is 25.5 Å². The van der Waals surface area contributed by atoms with Crippen LogP contribution in [0.1, 0.15) is 13.8 Å². The fourth-order valence-corrected chi connectivity index (χ4v) is 4.54. The van der Waals surface area contributed by atoms with Gasteiger partial charge in [-0.1, -0.05) is 11.6 Å². The number of carbonyl (C=O) groups is 2. The molecule has 180 valence electrons. The van der Waals surface area contributed by atoms with Crippen LogP contribution < -0.4 is 10.6 Å². The van der Waals surface area contributed by atoms with Crippen LogP contribution in [0.5, 0.6) is 0 Å². The molecule has 0 radical (unpaired) electrons. The normalized spacial score (nSPS) is 18.0. The van der Waals surface area contributed by atoms with E-state index in [-0.39, 0.29) is 25.0 Å². The summed E-state index contributed by atoms with van der Waals surface area (Å²) in [7, 11) is 0. The van der Waals surface area contributed by atoms with Gasteiger partial charge in [0.15, 0.2) is 5.82 Å². The minimum absolute atomic E-state index is 0.00946. The number of anilines is 2. The van der Waals surface area contributed by atoms with Gasteiger partial charge in [0.2, 0.25) is 11.8 Å². The van der Waals surface area contributed by atoms with Gasteiger partial charge in [-0.25, -0.2) is 4.98 Å². The lowest BCUT2D eigenvalue weighted by molar-refractivity contribution is -0.145. The first-order valence-corrected chi connectivity index (χ1v) is 11.5. The molecule has 0 aliphatic carbocycles. The highest BCUT2D eigenvalue weighted by Crippen LogP contribution is 2.33. The van der Waals surface area contributed by atoms with Crippen LogP contribution >= 0.6 is 11.6 Å². The largest absolute Gasteiger partial charge is 0.372 e. The lowest BCUT2D eigenvalue weighted by Gasteiger charge is -2.42. The summed E-state index contributed by atoms with van der Waals surface area (Å²) in [6.45, 7) is 4.37. The minimum Gasteiger partial charge on any atom is -0.372 e. The number of carbonyl (C=O) groups excluding carboxylic acids is 2. The number of nitrogens with one attached hydrogen (secondary N) is 3. The van der Waals surface area contributed by atoms with E-state index < -0.39 is 11.6 Å². The number of pyridine rings is 1. The van der Waals surface area contributed by atoms with Crippen LogP contribution in [0.15, 0.2) is 49.2 Å². The molecule has 4 heterocycles. The van der Waals surface area contributed by atoms with Crippen molar-refractivity contribution in [3.8, 4) is 0 Å². The van der Waals surface area contributed by atoms with Gasteiger partial charge in [-0.05, 0) is 32.0 Å². The molecule has 3 N–H and O–H groups in total. The number of ether oxygens (including phenoxy) is 1. The molecule has 0 unspecified atom stereocenters. The molecule has 35 heavy (non-hydrogen) atoms. The Kier molecular flexibility index (Phi) is 6.10. The number of amides is 2. The van der Waals surface area contributed by atoms with Crippen molar-refractivity contribution in [2.24, 2.45) is 0 Å². The number of fused-ring (bicyclic) bond motifs is 3. The summed E-state index contributed by atoms with van der Waals surface area (Å²) in [5, 5.41) is 8.03. The number of hydrogen-bond donors (Lipinski definition) is 3. The second kappa shape index (κ2) is 9.21. The molecule has 0 spiro atoms. The van der Waals surface area contributed by atoms with Crippen molar-refractivity contribution in [2.75, 3.05) is 30.3 Å². The number of hydrogen-bond acceptors (Lipinski definition) is 7. The zero-order chi connectivity index (χ0) is 24.6. The SMILES string of the molecule is CC1(C)CN(CC(=O)Nc2cnccn2)[C@H](C(=O)Nc2cc(Cl)cc3c2[nH]c2cnccc23)CO1. The fourth-order valence-electron chi connectivity index (χ4n) is 4.33. The van der Waals surface area contributed by atoms with Crippen LogP contribution in [0.4, 0.5) is 11.5 Å². The van der Waals surface area contributed by atoms with Crippen molar-refractivity contribution >= 4 is 56.7 Å². The average molecular weight is 494 g/mol. The summed E-state index contributed by atoms with van der Waals surface area (Å²) in [5.74, 6) is -0.247. The third kappa shape index (κ3) is 4.95. The molecule has 4 aromatic rings. The number of rotatable bonds is 5. The maximum Gasteiger partial charge on any atom is 0.244 e. The number of aromatic nitrogens is 4. The monoisotopic (exact) mass is 493 g/mol. The molecule has 2 amide bonds. The Hall–Kier alpha value is -3.60. The first kappa shape index (κ1) is 23.2. The summed E-state index contributed by atoms with van der Waals surface area (Å²) in [6, 6.07) is 4.75. The standard InChI is InChI=1S/C24H24ClN7O3/c1-24(2)13-32(11-21(33)31-20-10-27-5-6-28-20)19(12-35-24)23(34)30-17-8-14(25)7-16-15-3-4-26-9-18(15)29-22(16)17/h3-10,19,29H,11-13H2,1-2H3,(H,30,34)(H,28,31,33)/t19-/m0/s1. The Bertz CT molecular complexity index is 1410. The Balaban J connectivity index is 1.39. The molecule has 0 saturated carbocycles. The van der Waals surface area contributed by atoms with Gasteiger partial charge in [0, 0.05) is 40.9 Å². The van der Waals surface area contributed by atoms with Crippen molar-refractivity contribution in [3.63, 3.8) is 0 Å². The summed E-state index contributed by atoms with van der Waals surface area (Å²) in [5.41, 5.74) is 1.61. The third-order valence-electron chi connectivity index (χ3n) is 5.87. The van der Waals surface area contributed by atoms with Gasteiger partial charge in [0.05, 0.1) is 47.9 Å². The van der Waals surface area contributed by atoms with Crippen LogP contribution in [0.3, 0.4) is 0 Å². The molecule has 1 atom stereocenters. The smallest absolute Gasteiger partial charge is 0.244 e. The Morgan fingerprint density at radius 3 is 2.80 bits per heavy atom. The van der Waals surface area contributed by atoms with Crippen molar-refractivity contribution in [1.29, 1.82) is 0 Å². The first-order chi connectivity index (χ1) is 16.8. The first-order valence-electron chi connectivity index (χ1n) is 11.1. The fraction of sp³-hybridized carbons (Fsp3) is 0.292. The van der Waals surface area contributed by atoms with E-state index >= 15 is 0 Å². The Labute approximate surface area is 206 Å². The molecule has 5 rings (SSSR count). The van der Waals surface area contributed by atoms with E-state index in [4.69, 9.17) is 16.3 Å². The van der Waals surface area contributed by atoms with E-state index in [1.54, 1.807) is 23.4 Å². The van der Waals surface area contributed by atoms with E-state index in [0.29, 0.717) is 23.1 Å². The van der Waals surface area contributed by atoms with Crippen LogP contribution in [0.2, 0.25) is 5.02 Å². The maximum absolute atomic E-state index is 13.4. The van der Waals surface area contributed by atoms with Gasteiger partial charge in [0.1, 0.15) is 6.04 Å². The summed E-state index contributed by atoms with van der Waals surface area (Å²) in [4.78, 5) is 43.4. The molecule has 1 fully saturated rings. The van der Waals surface area contributed by atoms with Crippen molar-refractivity contribution in [1.82, 2.24) is 24.8 Å². The molecule has 3 aromatic heterocycles. The highest BCUT2D eigenvalue weighted by molar-refractivity contribution is 6.33. The van der Waals surface area contributed by atoms with E-state index in [1.165, 1.54) is 18.6 Å². The van der Waals surface area contributed by atoms with Gasteiger partial charge in [-0.2, -0.15) is 0 Å². The third-order valence-corrected chi connectivity index (χ3v) is 6.09. The summed E-state index contributed by atoms with van der Waals surface area (Å²) in [6.07, 6.45) is 7.92. The van der Waals surface area contributed by atoms with Gasteiger partial charge in [-0.3, -0.25) is 24.5 Å². The maximum atomic E-state index is 13.4. The van der Waals surface area contributed by atoms with Gasteiger partial charge < -0.3 is 20.4 Å². The van der Waals surface area contributed by atoms with Crippen LogP contribution in [0.25, 0.3) is 21.8 Å². The number of benzene rings is 1. The summed E-state index contributed by atoms with van der Waals surface area (Å²) >= 11 is 6.38. The van der Waals surface area contributed by atoms with Crippen LogP contribution in [-0.4, -0.2) is 68.0 Å². The molecule has 10 nitrogen and oxygen atoms in total. The van der Waals surface area contributed by atoms with Gasteiger partial charge in [-0.15, -0.1) is 0 Å². The van der Waals surface area contributed by atoms with Gasteiger partial charge in [0.25, 0.3) is 0 Å². The number of H-pyrrole nitrogens is 1. The molecule has 1 aromatic carbocycles. The summed E-state index contributed by atoms with van der Waals surface area (Å²) < 4.78 is 5.93. The molecule has 1 aliphatic rings. The zero-order valence-electron chi connectivity index (χ0n) is 19.2. The van der Waals surface area contributed by atoms with Gasteiger partial charge >= 0.3 is 0 Å². The second-order valence-corrected chi connectivity index (χ2v) is 9.48. The average Bonchev–Trinajstić information content (AvgIpc) is 3.18. The van der Waals surface area contributed by atoms with Crippen molar-refractivity contribution < 1.29 is 14.3 Å². The number of halogens is 1. The highest BCUT2D eigenvalue weighted by atomic mass is 35.5. The topological polar surface area (TPSA) is 125 Å².